The van der Waals surface area contributed by atoms with E-state index in [1.807, 2.05) is 12.1 Å². The molecule has 0 amide bonds. The van der Waals surface area contributed by atoms with Crippen LogP contribution in [0.1, 0.15) is 12.0 Å². The topological polar surface area (TPSA) is 65.6 Å². The Morgan fingerprint density at radius 2 is 1.85 bits per heavy atom. The Hall–Kier alpha value is -1.59. The van der Waals surface area contributed by atoms with Gasteiger partial charge in [-0.2, -0.15) is 0 Å². The van der Waals surface area contributed by atoms with Gasteiger partial charge in [-0.3, -0.25) is 10.3 Å². The zero-order valence-electron chi connectivity index (χ0n) is 11.7. The first-order chi connectivity index (χ1) is 9.74. The highest BCUT2D eigenvalue weighted by Crippen LogP contribution is 2.23. The smallest absolute Gasteiger partial charge is 0.122 e. The Morgan fingerprint density at radius 1 is 1.15 bits per heavy atom. The zero-order chi connectivity index (χ0) is 13.9. The second-order valence-corrected chi connectivity index (χ2v) is 5.50. The van der Waals surface area contributed by atoms with E-state index in [-0.39, 0.29) is 5.84 Å². The van der Waals surface area contributed by atoms with E-state index in [0.29, 0.717) is 6.04 Å². The highest BCUT2D eigenvalue weighted by molar-refractivity contribution is 5.95. The summed E-state index contributed by atoms with van der Waals surface area (Å²) < 4.78 is 5.42. The van der Waals surface area contributed by atoms with E-state index in [0.717, 1.165) is 45.0 Å². The highest BCUT2D eigenvalue weighted by Gasteiger charge is 2.28. The molecule has 0 aromatic heterocycles. The van der Waals surface area contributed by atoms with Gasteiger partial charge < -0.3 is 15.4 Å². The quantitative estimate of drug-likeness (QED) is 0.634. The van der Waals surface area contributed by atoms with Crippen molar-refractivity contribution in [2.45, 2.75) is 12.5 Å². The third kappa shape index (κ3) is 2.78. The second-order valence-electron chi connectivity index (χ2n) is 5.50. The number of nitrogens with one attached hydrogen (secondary N) is 1. The minimum Gasteiger partial charge on any atom is -0.384 e. The molecule has 0 bridgehead atoms. The molecule has 2 fully saturated rings. The van der Waals surface area contributed by atoms with Crippen molar-refractivity contribution in [3.8, 4) is 0 Å². The fourth-order valence-electron chi connectivity index (χ4n) is 3.07. The SMILES string of the molecule is N=C(N)c1ccc(N2CCC(N3CCOCC3)C2)cc1. The van der Waals surface area contributed by atoms with Gasteiger partial charge in [-0.15, -0.1) is 0 Å². The van der Waals surface area contributed by atoms with Crippen molar-refractivity contribution in [3.63, 3.8) is 0 Å². The van der Waals surface area contributed by atoms with Crippen LogP contribution in [-0.2, 0) is 4.74 Å². The normalized spacial score (nSPS) is 24.0. The maximum absolute atomic E-state index is 7.43. The van der Waals surface area contributed by atoms with E-state index in [1.165, 1.54) is 12.1 Å². The van der Waals surface area contributed by atoms with E-state index in [9.17, 15) is 0 Å². The van der Waals surface area contributed by atoms with Crippen molar-refractivity contribution >= 4 is 11.5 Å². The molecule has 2 saturated heterocycles. The van der Waals surface area contributed by atoms with Crippen molar-refractivity contribution in [2.75, 3.05) is 44.3 Å². The number of nitrogens with zero attached hydrogens (tertiary/aromatic N) is 2. The molecular weight excluding hydrogens is 252 g/mol. The molecule has 0 saturated carbocycles. The van der Waals surface area contributed by atoms with Gasteiger partial charge in [0, 0.05) is 43.5 Å². The van der Waals surface area contributed by atoms with E-state index >= 15 is 0 Å². The molecule has 3 rings (SSSR count). The first-order valence-electron chi connectivity index (χ1n) is 7.25. The van der Waals surface area contributed by atoms with Crippen LogP contribution in [0.15, 0.2) is 24.3 Å². The molecule has 108 valence electrons. The maximum atomic E-state index is 7.43. The molecule has 2 heterocycles. The molecule has 5 nitrogen and oxygen atoms in total. The Kier molecular flexibility index (Phi) is 3.89. The van der Waals surface area contributed by atoms with Crippen LogP contribution in [0.25, 0.3) is 0 Å². The van der Waals surface area contributed by atoms with Gasteiger partial charge in [-0.05, 0) is 30.7 Å². The number of hydrogen-bond donors (Lipinski definition) is 2. The van der Waals surface area contributed by atoms with Crippen molar-refractivity contribution in [1.29, 1.82) is 5.41 Å². The Bertz CT molecular complexity index is 467. The Morgan fingerprint density at radius 3 is 2.50 bits per heavy atom. The van der Waals surface area contributed by atoms with Crippen molar-refractivity contribution in [1.82, 2.24) is 4.90 Å². The summed E-state index contributed by atoms with van der Waals surface area (Å²) in [4.78, 5) is 4.97. The number of hydrogen-bond acceptors (Lipinski definition) is 4. The van der Waals surface area contributed by atoms with Crippen LogP contribution >= 0.6 is 0 Å². The molecule has 0 radical (unpaired) electrons. The third-order valence-corrected chi connectivity index (χ3v) is 4.27. The van der Waals surface area contributed by atoms with Crippen LogP contribution in [0.3, 0.4) is 0 Å². The largest absolute Gasteiger partial charge is 0.384 e. The third-order valence-electron chi connectivity index (χ3n) is 4.27. The van der Waals surface area contributed by atoms with Gasteiger partial charge in [-0.1, -0.05) is 0 Å². The fourth-order valence-corrected chi connectivity index (χ4v) is 3.07. The summed E-state index contributed by atoms with van der Waals surface area (Å²) in [6.07, 6.45) is 1.22. The first kappa shape index (κ1) is 13.4. The molecule has 1 unspecified atom stereocenters. The van der Waals surface area contributed by atoms with Crippen LogP contribution in [0.5, 0.6) is 0 Å². The molecular formula is C15H22N4O. The van der Waals surface area contributed by atoms with Crippen molar-refractivity contribution < 1.29 is 4.74 Å². The summed E-state index contributed by atoms with van der Waals surface area (Å²) in [6, 6.07) is 8.64. The number of benzene rings is 1. The molecule has 1 aromatic carbocycles. The number of anilines is 1. The number of nitrogen functional groups attached to an aromatic ring is 1. The monoisotopic (exact) mass is 274 g/mol. The van der Waals surface area contributed by atoms with Crippen molar-refractivity contribution in [3.05, 3.63) is 29.8 Å². The predicted octanol–water partition coefficient (Wildman–Crippen LogP) is 0.882. The van der Waals surface area contributed by atoms with E-state index in [2.05, 4.69) is 21.9 Å². The van der Waals surface area contributed by atoms with E-state index < -0.39 is 0 Å². The number of rotatable bonds is 3. The molecule has 3 N–H and O–H groups in total. The predicted molar refractivity (Wildman–Crippen MR) is 80.5 cm³/mol. The standard InChI is InChI=1S/C15H22N4O/c16-15(17)12-1-3-13(4-2-12)19-6-5-14(11-19)18-7-9-20-10-8-18/h1-4,14H,5-11H2,(H3,16,17). The molecule has 0 spiro atoms. The van der Waals surface area contributed by atoms with Gasteiger partial charge >= 0.3 is 0 Å². The fraction of sp³-hybridized carbons (Fsp3) is 0.533. The summed E-state index contributed by atoms with van der Waals surface area (Å²) in [5.74, 6) is 0.129. The number of ether oxygens (including phenoxy) is 1. The number of nitrogens with two attached hydrogens (primary N) is 1. The molecule has 1 aromatic rings. The molecule has 2 aliphatic heterocycles. The van der Waals surface area contributed by atoms with Gasteiger partial charge in [-0.25, -0.2) is 0 Å². The molecule has 20 heavy (non-hydrogen) atoms. The average Bonchev–Trinajstić information content (AvgIpc) is 2.98. The van der Waals surface area contributed by atoms with Gasteiger partial charge in [0.2, 0.25) is 0 Å². The Labute approximate surface area is 119 Å². The second kappa shape index (κ2) is 5.81. The first-order valence-corrected chi connectivity index (χ1v) is 7.25. The van der Waals surface area contributed by atoms with E-state index in [4.69, 9.17) is 15.9 Å². The lowest BCUT2D eigenvalue weighted by Crippen LogP contribution is -2.44. The van der Waals surface area contributed by atoms with Gasteiger partial charge in [0.1, 0.15) is 5.84 Å². The van der Waals surface area contributed by atoms with Crippen LogP contribution in [-0.4, -0.2) is 56.2 Å². The summed E-state index contributed by atoms with van der Waals surface area (Å²) in [5.41, 5.74) is 7.51. The van der Waals surface area contributed by atoms with E-state index in [1.54, 1.807) is 0 Å². The lowest BCUT2D eigenvalue weighted by molar-refractivity contribution is 0.0209. The molecule has 2 aliphatic rings. The number of morpholine rings is 1. The van der Waals surface area contributed by atoms with Crippen LogP contribution in [0, 0.1) is 5.41 Å². The summed E-state index contributed by atoms with van der Waals surface area (Å²) in [6.45, 7) is 6.03. The maximum Gasteiger partial charge on any atom is 0.122 e. The zero-order valence-corrected chi connectivity index (χ0v) is 11.7. The van der Waals surface area contributed by atoms with Crippen LogP contribution in [0.2, 0.25) is 0 Å². The molecule has 5 heteroatoms. The molecule has 0 aliphatic carbocycles. The summed E-state index contributed by atoms with van der Waals surface area (Å²) in [7, 11) is 0. The van der Waals surface area contributed by atoms with Crippen LogP contribution in [0.4, 0.5) is 5.69 Å². The summed E-state index contributed by atoms with van der Waals surface area (Å²) in [5, 5.41) is 7.43. The van der Waals surface area contributed by atoms with Crippen molar-refractivity contribution in [2.24, 2.45) is 5.73 Å². The minimum atomic E-state index is 0.129. The lowest BCUT2D eigenvalue weighted by atomic mass is 10.2. The molecule has 1 atom stereocenters. The number of amidine groups is 1. The van der Waals surface area contributed by atoms with Gasteiger partial charge in [0.05, 0.1) is 13.2 Å². The lowest BCUT2D eigenvalue weighted by Gasteiger charge is -2.32. The van der Waals surface area contributed by atoms with Crippen LogP contribution < -0.4 is 10.6 Å². The average molecular weight is 274 g/mol. The summed E-state index contributed by atoms with van der Waals surface area (Å²) >= 11 is 0. The minimum absolute atomic E-state index is 0.129. The van der Waals surface area contributed by atoms with Gasteiger partial charge in [0.15, 0.2) is 0 Å². The Balaban J connectivity index is 1.62. The highest BCUT2D eigenvalue weighted by atomic mass is 16.5. The van der Waals surface area contributed by atoms with Gasteiger partial charge in [0.25, 0.3) is 0 Å².